The largest absolute Gasteiger partial charge is 0.383 e. The molecule has 0 radical (unpaired) electrons. The van der Waals surface area contributed by atoms with Crippen LogP contribution >= 0.6 is 15.9 Å². The Labute approximate surface area is 94.3 Å². The maximum Gasteiger partial charge on any atom is 0.0538 e. The predicted octanol–water partition coefficient (Wildman–Crippen LogP) is 3.55. The van der Waals surface area contributed by atoms with Crippen LogP contribution in [0.5, 0.6) is 0 Å². The van der Waals surface area contributed by atoms with Crippen molar-refractivity contribution in [3.63, 3.8) is 0 Å². The van der Waals surface area contributed by atoms with Crippen molar-refractivity contribution < 1.29 is 0 Å². The van der Waals surface area contributed by atoms with E-state index in [1.807, 2.05) is 12.3 Å². The summed E-state index contributed by atoms with van der Waals surface area (Å²) in [6.45, 7) is 7.73. The molecule has 1 atom stereocenters. The Hall–Kier alpha value is -0.570. The zero-order chi connectivity index (χ0) is 10.6. The average molecular weight is 257 g/mol. The molecule has 0 amide bonds. The molecule has 0 aliphatic heterocycles. The molecule has 2 nitrogen and oxygen atoms in total. The van der Waals surface area contributed by atoms with Crippen molar-refractivity contribution >= 4 is 21.6 Å². The van der Waals surface area contributed by atoms with Crippen molar-refractivity contribution in [1.82, 2.24) is 4.98 Å². The topological polar surface area (TPSA) is 24.9 Å². The highest BCUT2D eigenvalue weighted by molar-refractivity contribution is 9.10. The molecule has 0 spiro atoms. The summed E-state index contributed by atoms with van der Waals surface area (Å²) >= 11 is 3.40. The van der Waals surface area contributed by atoms with Crippen LogP contribution in [-0.4, -0.2) is 11.5 Å². The molecule has 0 aliphatic carbocycles. The molecule has 0 saturated heterocycles. The van der Waals surface area contributed by atoms with Crippen LogP contribution in [0.1, 0.15) is 20.8 Å². The fraction of sp³-hybridized carbons (Fsp3) is 0.545. The van der Waals surface area contributed by atoms with E-state index in [0.717, 1.165) is 16.7 Å². The van der Waals surface area contributed by atoms with Gasteiger partial charge in [-0.3, -0.25) is 4.98 Å². The molecule has 0 saturated carbocycles. The van der Waals surface area contributed by atoms with Gasteiger partial charge in [-0.1, -0.05) is 20.8 Å². The third-order valence-electron chi connectivity index (χ3n) is 2.47. The summed E-state index contributed by atoms with van der Waals surface area (Å²) in [5.41, 5.74) is 1.08. The summed E-state index contributed by atoms with van der Waals surface area (Å²) < 4.78 is 1.01. The molecule has 78 valence electrons. The number of aromatic nitrogens is 1. The van der Waals surface area contributed by atoms with Crippen molar-refractivity contribution in [2.75, 3.05) is 11.9 Å². The van der Waals surface area contributed by atoms with Crippen LogP contribution in [0, 0.1) is 11.8 Å². The van der Waals surface area contributed by atoms with Gasteiger partial charge < -0.3 is 5.32 Å². The monoisotopic (exact) mass is 256 g/mol. The summed E-state index contributed by atoms with van der Waals surface area (Å²) in [5, 5.41) is 3.37. The first-order valence-corrected chi connectivity index (χ1v) is 5.73. The van der Waals surface area contributed by atoms with Gasteiger partial charge in [0.2, 0.25) is 0 Å². The van der Waals surface area contributed by atoms with Gasteiger partial charge in [0, 0.05) is 17.2 Å². The number of halogens is 1. The second-order valence-electron chi connectivity index (χ2n) is 3.99. The zero-order valence-electron chi connectivity index (χ0n) is 8.92. The van der Waals surface area contributed by atoms with Gasteiger partial charge in [-0.15, -0.1) is 0 Å². The number of pyridine rings is 1. The van der Waals surface area contributed by atoms with Gasteiger partial charge in [0.1, 0.15) is 0 Å². The summed E-state index contributed by atoms with van der Waals surface area (Å²) in [4.78, 5) is 4.10. The van der Waals surface area contributed by atoms with Crippen molar-refractivity contribution in [2.45, 2.75) is 20.8 Å². The first-order valence-electron chi connectivity index (χ1n) is 4.94. The standard InChI is InChI=1S/C11H17BrN2/c1-8(2)9(3)5-14-11-4-10(12)6-13-7-11/h4,6-9,14H,5H2,1-3H3. The Morgan fingerprint density at radius 3 is 2.64 bits per heavy atom. The van der Waals surface area contributed by atoms with Gasteiger partial charge in [-0.05, 0) is 33.8 Å². The van der Waals surface area contributed by atoms with Crippen LogP contribution in [0.3, 0.4) is 0 Å². The maximum absolute atomic E-state index is 4.10. The minimum Gasteiger partial charge on any atom is -0.383 e. The summed E-state index contributed by atoms with van der Waals surface area (Å²) in [6.07, 6.45) is 3.63. The van der Waals surface area contributed by atoms with Crippen molar-refractivity contribution in [1.29, 1.82) is 0 Å². The molecule has 1 aromatic heterocycles. The van der Waals surface area contributed by atoms with Crippen LogP contribution in [0.25, 0.3) is 0 Å². The Balaban J connectivity index is 2.45. The van der Waals surface area contributed by atoms with Gasteiger partial charge in [0.25, 0.3) is 0 Å². The average Bonchev–Trinajstić information content (AvgIpc) is 2.14. The number of hydrogen-bond donors (Lipinski definition) is 1. The maximum atomic E-state index is 4.10. The molecule has 1 rings (SSSR count). The molecule has 0 aromatic carbocycles. The van der Waals surface area contributed by atoms with E-state index in [4.69, 9.17) is 0 Å². The van der Waals surface area contributed by atoms with Gasteiger partial charge in [-0.25, -0.2) is 0 Å². The lowest BCUT2D eigenvalue weighted by Crippen LogP contribution is -2.16. The van der Waals surface area contributed by atoms with E-state index in [1.165, 1.54) is 0 Å². The lowest BCUT2D eigenvalue weighted by molar-refractivity contribution is 0.440. The number of anilines is 1. The molecule has 14 heavy (non-hydrogen) atoms. The molecule has 0 bridgehead atoms. The lowest BCUT2D eigenvalue weighted by atomic mass is 9.98. The second-order valence-corrected chi connectivity index (χ2v) is 4.91. The quantitative estimate of drug-likeness (QED) is 0.892. The van der Waals surface area contributed by atoms with Gasteiger partial charge in [-0.2, -0.15) is 0 Å². The molecular weight excluding hydrogens is 240 g/mol. The first kappa shape index (κ1) is 11.5. The fourth-order valence-corrected chi connectivity index (χ4v) is 1.39. The first-order chi connectivity index (χ1) is 6.59. The molecule has 3 heteroatoms. The molecular formula is C11H17BrN2. The van der Waals surface area contributed by atoms with Crippen LogP contribution in [0.4, 0.5) is 5.69 Å². The Morgan fingerprint density at radius 1 is 1.36 bits per heavy atom. The molecule has 0 aliphatic rings. The lowest BCUT2D eigenvalue weighted by Gasteiger charge is -2.16. The van der Waals surface area contributed by atoms with Crippen LogP contribution in [0.15, 0.2) is 22.9 Å². The van der Waals surface area contributed by atoms with Gasteiger partial charge in [0.05, 0.1) is 11.9 Å². The molecule has 1 unspecified atom stereocenters. The predicted molar refractivity (Wildman–Crippen MR) is 64.4 cm³/mol. The van der Waals surface area contributed by atoms with Gasteiger partial charge >= 0.3 is 0 Å². The van der Waals surface area contributed by atoms with E-state index in [-0.39, 0.29) is 0 Å². The number of hydrogen-bond acceptors (Lipinski definition) is 2. The SMILES string of the molecule is CC(C)C(C)CNc1cncc(Br)c1. The van der Waals surface area contributed by atoms with E-state index < -0.39 is 0 Å². The third-order valence-corrected chi connectivity index (χ3v) is 2.90. The van der Waals surface area contributed by atoms with E-state index in [9.17, 15) is 0 Å². The van der Waals surface area contributed by atoms with Crippen LogP contribution in [0.2, 0.25) is 0 Å². The molecule has 1 N–H and O–H groups in total. The van der Waals surface area contributed by atoms with Gasteiger partial charge in [0.15, 0.2) is 0 Å². The minimum atomic E-state index is 0.675. The highest BCUT2D eigenvalue weighted by Gasteiger charge is 2.06. The summed E-state index contributed by atoms with van der Waals surface area (Å²) in [7, 11) is 0. The van der Waals surface area contributed by atoms with Crippen molar-refractivity contribution in [3.05, 3.63) is 22.9 Å². The number of nitrogens with one attached hydrogen (secondary N) is 1. The van der Waals surface area contributed by atoms with Crippen LogP contribution < -0.4 is 5.32 Å². The van der Waals surface area contributed by atoms with Crippen LogP contribution in [-0.2, 0) is 0 Å². The molecule has 1 aromatic rings. The van der Waals surface area contributed by atoms with E-state index in [2.05, 4.69) is 47.0 Å². The van der Waals surface area contributed by atoms with Crippen molar-refractivity contribution in [2.24, 2.45) is 11.8 Å². The van der Waals surface area contributed by atoms with E-state index >= 15 is 0 Å². The summed E-state index contributed by atoms with van der Waals surface area (Å²) in [5.74, 6) is 1.39. The zero-order valence-corrected chi connectivity index (χ0v) is 10.5. The Morgan fingerprint density at radius 2 is 2.07 bits per heavy atom. The third kappa shape index (κ3) is 3.66. The highest BCUT2D eigenvalue weighted by atomic mass is 79.9. The minimum absolute atomic E-state index is 0.675. The normalized spacial score (nSPS) is 12.9. The fourth-order valence-electron chi connectivity index (χ4n) is 1.02. The highest BCUT2D eigenvalue weighted by Crippen LogP contribution is 2.15. The molecule has 0 fully saturated rings. The Kier molecular flexibility index (Phi) is 4.39. The second kappa shape index (κ2) is 5.35. The number of nitrogens with zero attached hydrogens (tertiary/aromatic N) is 1. The smallest absolute Gasteiger partial charge is 0.0538 e. The van der Waals surface area contributed by atoms with Crippen molar-refractivity contribution in [3.8, 4) is 0 Å². The van der Waals surface area contributed by atoms with E-state index in [0.29, 0.717) is 11.8 Å². The number of rotatable bonds is 4. The Bertz CT molecular complexity index is 286. The summed E-state index contributed by atoms with van der Waals surface area (Å²) in [6, 6.07) is 2.04. The molecule has 1 heterocycles. The van der Waals surface area contributed by atoms with E-state index in [1.54, 1.807) is 6.20 Å².